The number of aliphatic hydroxyl groups excluding tert-OH is 1. The van der Waals surface area contributed by atoms with E-state index in [0.29, 0.717) is 17.3 Å². The van der Waals surface area contributed by atoms with Crippen LogP contribution in [-0.2, 0) is 0 Å². The monoisotopic (exact) mass is 483 g/mol. The first-order chi connectivity index (χ1) is 17.1. The number of nitriles is 1. The summed E-state index contributed by atoms with van der Waals surface area (Å²) in [6.45, 7) is 12.4. The summed E-state index contributed by atoms with van der Waals surface area (Å²) in [6, 6.07) is 12.1. The van der Waals surface area contributed by atoms with Crippen LogP contribution in [0.2, 0.25) is 0 Å². The lowest BCUT2D eigenvalue weighted by Gasteiger charge is -2.32. The van der Waals surface area contributed by atoms with Crippen LogP contribution in [0.5, 0.6) is 0 Å². The van der Waals surface area contributed by atoms with Crippen LogP contribution in [0.15, 0.2) is 58.7 Å². The summed E-state index contributed by atoms with van der Waals surface area (Å²) in [4.78, 5) is 7.66. The quantitative estimate of drug-likeness (QED) is 0.400. The van der Waals surface area contributed by atoms with E-state index in [1.807, 2.05) is 30.6 Å². The molecule has 0 aliphatic carbocycles. The van der Waals surface area contributed by atoms with E-state index in [1.54, 1.807) is 16.8 Å². The number of aromatic nitrogens is 4. The summed E-state index contributed by atoms with van der Waals surface area (Å²) in [6.07, 6.45) is 7.44. The van der Waals surface area contributed by atoms with E-state index in [1.165, 1.54) is 11.8 Å². The number of likely N-dealkylation sites (tertiary alicyclic amines) is 1. The molecule has 1 aliphatic rings. The molecule has 1 fully saturated rings. The molecule has 0 unspecified atom stereocenters. The van der Waals surface area contributed by atoms with Crippen LogP contribution < -0.4 is 0 Å². The van der Waals surface area contributed by atoms with E-state index in [0.717, 1.165) is 64.6 Å². The van der Waals surface area contributed by atoms with Crippen LogP contribution in [0.1, 0.15) is 30.1 Å². The predicted octanol–water partition coefficient (Wildman–Crippen LogP) is 4.71. The van der Waals surface area contributed by atoms with Gasteiger partial charge in [0.15, 0.2) is 0 Å². The molecule has 0 radical (unpaired) electrons. The molecule has 176 valence electrons. The SMILES string of the molecule is [C-]#[N+]c1ccccc1Sc1cc(-c2cnn(C3CCN(CCO)CC3)c2C)cn2ncc(C#N)c12. The van der Waals surface area contributed by atoms with Crippen molar-refractivity contribution < 1.29 is 5.11 Å². The molecule has 0 saturated carbocycles. The van der Waals surface area contributed by atoms with E-state index >= 15 is 0 Å². The van der Waals surface area contributed by atoms with E-state index in [4.69, 9.17) is 11.7 Å². The highest BCUT2D eigenvalue weighted by atomic mass is 32.2. The number of pyridine rings is 1. The Morgan fingerprint density at radius 1 is 1.20 bits per heavy atom. The number of benzene rings is 1. The lowest BCUT2D eigenvalue weighted by atomic mass is 10.0. The fraction of sp³-hybridized carbons (Fsp3) is 0.308. The van der Waals surface area contributed by atoms with Gasteiger partial charge in [0.25, 0.3) is 0 Å². The van der Waals surface area contributed by atoms with Gasteiger partial charge in [0.05, 0.1) is 42.7 Å². The van der Waals surface area contributed by atoms with Gasteiger partial charge in [-0.1, -0.05) is 36.0 Å². The van der Waals surface area contributed by atoms with Gasteiger partial charge in [-0.25, -0.2) is 9.36 Å². The van der Waals surface area contributed by atoms with E-state index in [-0.39, 0.29) is 6.61 Å². The molecule has 5 rings (SSSR count). The molecule has 1 saturated heterocycles. The first-order valence-electron chi connectivity index (χ1n) is 11.6. The summed E-state index contributed by atoms with van der Waals surface area (Å²) in [7, 11) is 0. The van der Waals surface area contributed by atoms with Crippen LogP contribution in [0.3, 0.4) is 0 Å². The first kappa shape index (κ1) is 23.1. The Morgan fingerprint density at radius 3 is 2.74 bits per heavy atom. The second-order valence-electron chi connectivity index (χ2n) is 8.62. The van der Waals surface area contributed by atoms with Crippen LogP contribution in [0, 0.1) is 24.8 Å². The highest BCUT2D eigenvalue weighted by Gasteiger charge is 2.24. The molecule has 0 spiro atoms. The minimum Gasteiger partial charge on any atom is -0.395 e. The van der Waals surface area contributed by atoms with Gasteiger partial charge in [0.2, 0.25) is 5.69 Å². The summed E-state index contributed by atoms with van der Waals surface area (Å²) in [5, 5.41) is 28.1. The van der Waals surface area contributed by atoms with Gasteiger partial charge in [0, 0.05) is 52.4 Å². The van der Waals surface area contributed by atoms with Crippen molar-refractivity contribution in [2.75, 3.05) is 26.2 Å². The maximum atomic E-state index is 9.65. The maximum Gasteiger partial charge on any atom is 0.200 e. The number of hydrogen-bond acceptors (Lipinski definition) is 6. The lowest BCUT2D eigenvalue weighted by molar-refractivity contribution is 0.145. The molecule has 1 aliphatic heterocycles. The van der Waals surface area contributed by atoms with Crippen LogP contribution in [-0.4, -0.2) is 55.6 Å². The molecule has 9 heteroatoms. The third-order valence-corrected chi connectivity index (χ3v) is 7.67. The minimum absolute atomic E-state index is 0.194. The molecule has 0 amide bonds. The van der Waals surface area contributed by atoms with E-state index < -0.39 is 0 Å². The van der Waals surface area contributed by atoms with Crippen molar-refractivity contribution in [2.24, 2.45) is 0 Å². The van der Waals surface area contributed by atoms with Gasteiger partial charge < -0.3 is 10.0 Å². The summed E-state index contributed by atoms with van der Waals surface area (Å²) in [5.41, 5.74) is 4.91. The number of hydrogen-bond donors (Lipinski definition) is 1. The minimum atomic E-state index is 0.194. The molecule has 3 aromatic heterocycles. The molecule has 4 heterocycles. The smallest absolute Gasteiger partial charge is 0.200 e. The van der Waals surface area contributed by atoms with Crippen molar-refractivity contribution in [1.29, 1.82) is 5.26 Å². The molecule has 0 bridgehead atoms. The molecule has 1 aromatic carbocycles. The van der Waals surface area contributed by atoms with Gasteiger partial charge in [-0.2, -0.15) is 15.5 Å². The highest BCUT2D eigenvalue weighted by Crippen LogP contribution is 2.40. The Kier molecular flexibility index (Phi) is 6.56. The zero-order valence-corrected chi connectivity index (χ0v) is 20.2. The van der Waals surface area contributed by atoms with Gasteiger partial charge in [-0.05, 0) is 25.8 Å². The Labute approximate surface area is 208 Å². The Bertz CT molecular complexity index is 1450. The normalized spacial score (nSPS) is 14.7. The number of β-amino-alcohol motifs (C(OH)–C–C–N with tert-alkyl or cyclic N) is 1. The molecular formula is C26H25N7OS. The molecule has 4 aromatic rings. The number of nitrogens with zero attached hydrogens (tertiary/aromatic N) is 7. The average Bonchev–Trinajstić information content (AvgIpc) is 3.48. The maximum absolute atomic E-state index is 9.65. The standard InChI is InChI=1S/C26H25N7OS/c1-18-22(16-30-33(18)21-7-9-31(10-8-21)11-12-34)19-13-25(26-20(14-27)15-29-32(26)17-19)35-24-6-4-3-5-23(24)28-2/h3-6,13,15-17,21,34H,7-12H2,1H3. The molecular weight excluding hydrogens is 458 g/mol. The molecule has 0 atom stereocenters. The Balaban J connectivity index is 1.53. The number of para-hydroxylation sites is 1. The first-order valence-corrected chi connectivity index (χ1v) is 12.4. The van der Waals surface area contributed by atoms with Gasteiger partial charge in [-0.3, -0.25) is 4.68 Å². The predicted molar refractivity (Wildman–Crippen MR) is 134 cm³/mol. The van der Waals surface area contributed by atoms with Crippen molar-refractivity contribution in [3.05, 3.63) is 71.6 Å². The fourth-order valence-electron chi connectivity index (χ4n) is 4.75. The third-order valence-electron chi connectivity index (χ3n) is 6.58. The number of aliphatic hydroxyl groups is 1. The average molecular weight is 484 g/mol. The Morgan fingerprint density at radius 2 is 2.00 bits per heavy atom. The van der Waals surface area contributed by atoms with E-state index in [9.17, 15) is 10.4 Å². The Hall–Kier alpha value is -3.63. The van der Waals surface area contributed by atoms with Gasteiger partial charge in [-0.15, -0.1) is 0 Å². The van der Waals surface area contributed by atoms with E-state index in [2.05, 4.69) is 38.6 Å². The molecule has 35 heavy (non-hydrogen) atoms. The third kappa shape index (κ3) is 4.42. The van der Waals surface area contributed by atoms with Crippen molar-refractivity contribution in [3.8, 4) is 17.2 Å². The summed E-state index contributed by atoms with van der Waals surface area (Å²) < 4.78 is 3.88. The second-order valence-corrected chi connectivity index (χ2v) is 9.71. The summed E-state index contributed by atoms with van der Waals surface area (Å²) in [5.74, 6) is 0. The van der Waals surface area contributed by atoms with Crippen molar-refractivity contribution >= 4 is 23.0 Å². The molecule has 8 nitrogen and oxygen atoms in total. The fourth-order valence-corrected chi connectivity index (χ4v) is 5.84. The zero-order valence-electron chi connectivity index (χ0n) is 19.4. The van der Waals surface area contributed by atoms with Gasteiger partial charge in [0.1, 0.15) is 6.07 Å². The largest absolute Gasteiger partial charge is 0.395 e. The lowest BCUT2D eigenvalue weighted by Crippen LogP contribution is -2.36. The van der Waals surface area contributed by atoms with Gasteiger partial charge >= 0.3 is 0 Å². The molecule has 1 N–H and O–H groups in total. The number of rotatable bonds is 6. The van der Waals surface area contributed by atoms with Crippen molar-refractivity contribution in [3.63, 3.8) is 0 Å². The van der Waals surface area contributed by atoms with Crippen LogP contribution in [0.25, 0.3) is 21.5 Å². The highest BCUT2D eigenvalue weighted by molar-refractivity contribution is 7.99. The van der Waals surface area contributed by atoms with Crippen LogP contribution >= 0.6 is 11.8 Å². The topological polar surface area (TPSA) is 86.7 Å². The zero-order chi connectivity index (χ0) is 24.4. The number of fused-ring (bicyclic) bond motifs is 1. The van der Waals surface area contributed by atoms with Crippen LogP contribution in [0.4, 0.5) is 5.69 Å². The second kappa shape index (κ2) is 9.93. The summed E-state index contributed by atoms with van der Waals surface area (Å²) >= 11 is 1.48. The van der Waals surface area contributed by atoms with Crippen molar-refractivity contribution in [2.45, 2.75) is 35.6 Å². The number of piperidine rings is 1. The van der Waals surface area contributed by atoms with Crippen molar-refractivity contribution in [1.82, 2.24) is 24.3 Å².